The number of hydrogen-bond donors (Lipinski definition) is 2. The monoisotopic (exact) mass is 233 g/mol. The zero-order valence-electron chi connectivity index (χ0n) is 9.79. The van der Waals surface area contributed by atoms with Crippen molar-refractivity contribution < 1.29 is 9.90 Å². The van der Waals surface area contributed by atoms with Gasteiger partial charge >= 0.3 is 0 Å². The lowest BCUT2D eigenvalue weighted by Gasteiger charge is -2.10. The van der Waals surface area contributed by atoms with Gasteiger partial charge in [-0.15, -0.1) is 0 Å². The first kappa shape index (κ1) is 14.8. The third-order valence-electron chi connectivity index (χ3n) is 2.16. The first-order valence-corrected chi connectivity index (χ1v) is 6.84. The van der Waals surface area contributed by atoms with Crippen LogP contribution in [-0.4, -0.2) is 35.7 Å². The number of nitrogens with one attached hydrogen (secondary N) is 1. The SMILES string of the molecule is CCCC(C)C(=O)NCCSCCCO. The molecule has 0 aliphatic carbocycles. The van der Waals surface area contributed by atoms with Gasteiger partial charge in [-0.2, -0.15) is 11.8 Å². The van der Waals surface area contributed by atoms with Gasteiger partial charge in [-0.25, -0.2) is 0 Å². The zero-order valence-corrected chi connectivity index (χ0v) is 10.6. The fourth-order valence-electron chi connectivity index (χ4n) is 1.25. The van der Waals surface area contributed by atoms with Crippen molar-refractivity contribution in [1.29, 1.82) is 0 Å². The molecular formula is C11H23NO2S. The van der Waals surface area contributed by atoms with Crippen LogP contribution >= 0.6 is 11.8 Å². The molecule has 0 saturated heterocycles. The highest BCUT2D eigenvalue weighted by atomic mass is 32.2. The Balaban J connectivity index is 3.30. The van der Waals surface area contributed by atoms with E-state index in [0.29, 0.717) is 0 Å². The maximum absolute atomic E-state index is 11.5. The topological polar surface area (TPSA) is 49.3 Å². The molecule has 0 aromatic heterocycles. The van der Waals surface area contributed by atoms with Crippen molar-refractivity contribution in [3.05, 3.63) is 0 Å². The molecule has 0 fully saturated rings. The van der Waals surface area contributed by atoms with Crippen LogP contribution in [0.15, 0.2) is 0 Å². The lowest BCUT2D eigenvalue weighted by atomic mass is 10.1. The molecule has 90 valence electrons. The van der Waals surface area contributed by atoms with Crippen LogP contribution < -0.4 is 5.32 Å². The highest BCUT2D eigenvalue weighted by Crippen LogP contribution is 2.05. The molecule has 0 radical (unpaired) electrons. The van der Waals surface area contributed by atoms with Gasteiger partial charge in [0.2, 0.25) is 5.91 Å². The molecule has 15 heavy (non-hydrogen) atoms. The van der Waals surface area contributed by atoms with E-state index in [2.05, 4.69) is 12.2 Å². The largest absolute Gasteiger partial charge is 0.396 e. The minimum Gasteiger partial charge on any atom is -0.396 e. The maximum atomic E-state index is 11.5. The van der Waals surface area contributed by atoms with Crippen molar-refractivity contribution in [2.45, 2.75) is 33.1 Å². The number of amides is 1. The van der Waals surface area contributed by atoms with Gasteiger partial charge in [-0.05, 0) is 18.6 Å². The van der Waals surface area contributed by atoms with Crippen LogP contribution in [0, 0.1) is 5.92 Å². The van der Waals surface area contributed by atoms with E-state index in [9.17, 15) is 4.79 Å². The molecule has 1 atom stereocenters. The van der Waals surface area contributed by atoms with E-state index in [1.54, 1.807) is 11.8 Å². The summed E-state index contributed by atoms with van der Waals surface area (Å²) >= 11 is 1.77. The molecule has 0 heterocycles. The fourth-order valence-corrected chi connectivity index (χ4v) is 2.04. The summed E-state index contributed by atoms with van der Waals surface area (Å²) in [5.74, 6) is 2.21. The Labute approximate surface area is 97.0 Å². The van der Waals surface area contributed by atoms with Crippen LogP contribution in [0.5, 0.6) is 0 Å². The van der Waals surface area contributed by atoms with Crippen LogP contribution in [-0.2, 0) is 4.79 Å². The summed E-state index contributed by atoms with van der Waals surface area (Å²) < 4.78 is 0. The lowest BCUT2D eigenvalue weighted by molar-refractivity contribution is -0.124. The third kappa shape index (κ3) is 8.75. The Bertz CT molecular complexity index is 165. The van der Waals surface area contributed by atoms with Crippen LogP contribution in [0.1, 0.15) is 33.1 Å². The second kappa shape index (κ2) is 10.3. The van der Waals surface area contributed by atoms with Crippen LogP contribution in [0.3, 0.4) is 0 Å². The Hall–Kier alpha value is -0.220. The first-order valence-electron chi connectivity index (χ1n) is 5.68. The van der Waals surface area contributed by atoms with Crippen LogP contribution in [0.25, 0.3) is 0 Å². The van der Waals surface area contributed by atoms with Crippen molar-refractivity contribution in [3.8, 4) is 0 Å². The van der Waals surface area contributed by atoms with Crippen molar-refractivity contribution in [1.82, 2.24) is 5.32 Å². The summed E-state index contributed by atoms with van der Waals surface area (Å²) in [5.41, 5.74) is 0. The van der Waals surface area contributed by atoms with E-state index in [1.165, 1.54) is 0 Å². The average Bonchev–Trinajstić information content (AvgIpc) is 2.23. The lowest BCUT2D eigenvalue weighted by Crippen LogP contribution is -2.30. The molecule has 0 aliphatic rings. The van der Waals surface area contributed by atoms with Gasteiger partial charge in [0.25, 0.3) is 0 Å². The maximum Gasteiger partial charge on any atom is 0.222 e. The van der Waals surface area contributed by atoms with Crippen molar-refractivity contribution >= 4 is 17.7 Å². The Morgan fingerprint density at radius 1 is 1.47 bits per heavy atom. The van der Waals surface area contributed by atoms with Gasteiger partial charge in [0, 0.05) is 24.8 Å². The molecule has 0 aromatic rings. The summed E-state index contributed by atoms with van der Waals surface area (Å²) in [6.07, 6.45) is 2.86. The minimum absolute atomic E-state index is 0.137. The Morgan fingerprint density at radius 2 is 2.20 bits per heavy atom. The van der Waals surface area contributed by atoms with Gasteiger partial charge in [-0.1, -0.05) is 20.3 Å². The molecular weight excluding hydrogens is 210 g/mol. The molecule has 0 saturated carbocycles. The molecule has 0 bridgehead atoms. The molecule has 0 aromatic carbocycles. The number of aliphatic hydroxyl groups is 1. The number of hydrogen-bond acceptors (Lipinski definition) is 3. The van der Waals surface area contributed by atoms with E-state index in [0.717, 1.165) is 37.3 Å². The Kier molecular flexibility index (Phi) is 10.2. The summed E-state index contributed by atoms with van der Waals surface area (Å²) in [6, 6.07) is 0. The third-order valence-corrected chi connectivity index (χ3v) is 3.23. The quantitative estimate of drug-likeness (QED) is 0.595. The zero-order chi connectivity index (χ0) is 11.5. The number of aliphatic hydroxyl groups excluding tert-OH is 1. The molecule has 3 nitrogen and oxygen atoms in total. The van der Waals surface area contributed by atoms with Gasteiger partial charge < -0.3 is 10.4 Å². The summed E-state index contributed by atoms with van der Waals surface area (Å²) in [6.45, 7) is 5.06. The molecule has 0 spiro atoms. The van der Waals surface area contributed by atoms with E-state index in [4.69, 9.17) is 5.11 Å². The van der Waals surface area contributed by atoms with Gasteiger partial charge in [0.05, 0.1) is 0 Å². The van der Waals surface area contributed by atoms with Crippen LogP contribution in [0.4, 0.5) is 0 Å². The van der Waals surface area contributed by atoms with E-state index < -0.39 is 0 Å². The van der Waals surface area contributed by atoms with Gasteiger partial charge in [0.1, 0.15) is 0 Å². The molecule has 0 aliphatic heterocycles. The molecule has 1 unspecified atom stereocenters. The van der Waals surface area contributed by atoms with E-state index in [1.807, 2.05) is 6.92 Å². The number of rotatable bonds is 9. The van der Waals surface area contributed by atoms with Gasteiger partial charge in [-0.3, -0.25) is 4.79 Å². The number of thioether (sulfide) groups is 1. The molecule has 0 rings (SSSR count). The smallest absolute Gasteiger partial charge is 0.222 e. The number of carbonyl (C=O) groups excluding carboxylic acids is 1. The normalized spacial score (nSPS) is 12.5. The second-order valence-corrected chi connectivity index (χ2v) is 4.90. The molecule has 2 N–H and O–H groups in total. The highest BCUT2D eigenvalue weighted by molar-refractivity contribution is 7.99. The average molecular weight is 233 g/mol. The second-order valence-electron chi connectivity index (χ2n) is 3.67. The first-order chi connectivity index (χ1) is 7.22. The summed E-state index contributed by atoms with van der Waals surface area (Å²) in [5, 5.41) is 11.5. The standard InChI is InChI=1S/C11H23NO2S/c1-3-5-10(2)11(14)12-6-9-15-8-4-7-13/h10,13H,3-9H2,1-2H3,(H,12,14). The van der Waals surface area contributed by atoms with Gasteiger partial charge in [0.15, 0.2) is 0 Å². The predicted octanol–water partition coefficient (Wildman–Crippen LogP) is 1.65. The fraction of sp³-hybridized carbons (Fsp3) is 0.909. The predicted molar refractivity (Wildman–Crippen MR) is 66.1 cm³/mol. The minimum atomic E-state index is 0.137. The Morgan fingerprint density at radius 3 is 2.80 bits per heavy atom. The molecule has 1 amide bonds. The van der Waals surface area contributed by atoms with E-state index in [-0.39, 0.29) is 18.4 Å². The number of carbonyl (C=O) groups is 1. The summed E-state index contributed by atoms with van der Waals surface area (Å²) in [4.78, 5) is 11.5. The van der Waals surface area contributed by atoms with E-state index >= 15 is 0 Å². The molecule has 4 heteroatoms. The highest BCUT2D eigenvalue weighted by Gasteiger charge is 2.09. The summed E-state index contributed by atoms with van der Waals surface area (Å²) in [7, 11) is 0. The van der Waals surface area contributed by atoms with Crippen molar-refractivity contribution in [2.24, 2.45) is 5.92 Å². The van der Waals surface area contributed by atoms with Crippen molar-refractivity contribution in [2.75, 3.05) is 24.7 Å². The van der Waals surface area contributed by atoms with Crippen LogP contribution in [0.2, 0.25) is 0 Å². The van der Waals surface area contributed by atoms with Crippen molar-refractivity contribution in [3.63, 3.8) is 0 Å².